The van der Waals surface area contributed by atoms with Crippen molar-refractivity contribution >= 4 is 11.6 Å². The zero-order valence-electron chi connectivity index (χ0n) is 15.0. The molecule has 0 atom stereocenters. The second-order valence-electron chi connectivity index (χ2n) is 6.25. The van der Waals surface area contributed by atoms with Crippen molar-refractivity contribution in [3.63, 3.8) is 0 Å². The fourth-order valence-electron chi connectivity index (χ4n) is 2.90. The number of carbonyl (C=O) groups excluding carboxylic acids is 1. The smallest absolute Gasteiger partial charge is 0.244 e. The van der Waals surface area contributed by atoms with Gasteiger partial charge in [-0.1, -0.05) is 6.07 Å². The minimum absolute atomic E-state index is 0.203. The molecule has 0 bridgehead atoms. The lowest BCUT2D eigenvalue weighted by Gasteiger charge is -2.19. The van der Waals surface area contributed by atoms with Gasteiger partial charge >= 0.3 is 0 Å². The maximum atomic E-state index is 12.2. The SMILES string of the molecule is C/C(=N/NC(=O)Cc1ccc2c(c1)OCCO2)c1ccc2c(c1)OCCO2. The highest BCUT2D eigenvalue weighted by Gasteiger charge is 2.14. The van der Waals surface area contributed by atoms with Crippen LogP contribution in [0.5, 0.6) is 23.0 Å². The molecule has 4 rings (SSSR count). The van der Waals surface area contributed by atoms with Gasteiger partial charge in [-0.2, -0.15) is 5.10 Å². The molecule has 0 saturated heterocycles. The van der Waals surface area contributed by atoms with Crippen molar-refractivity contribution in [1.82, 2.24) is 5.43 Å². The third-order valence-electron chi connectivity index (χ3n) is 4.28. The Morgan fingerprint density at radius 2 is 1.48 bits per heavy atom. The molecule has 7 heteroatoms. The number of hydrogen-bond acceptors (Lipinski definition) is 6. The molecule has 0 aromatic heterocycles. The number of benzene rings is 2. The lowest BCUT2D eigenvalue weighted by molar-refractivity contribution is -0.120. The Morgan fingerprint density at radius 3 is 2.19 bits per heavy atom. The van der Waals surface area contributed by atoms with Crippen molar-refractivity contribution in [2.75, 3.05) is 26.4 Å². The zero-order valence-corrected chi connectivity index (χ0v) is 15.0. The highest BCUT2D eigenvalue weighted by Crippen LogP contribution is 2.31. The highest BCUT2D eigenvalue weighted by molar-refractivity contribution is 5.99. The minimum Gasteiger partial charge on any atom is -0.486 e. The van der Waals surface area contributed by atoms with Gasteiger partial charge in [0.05, 0.1) is 12.1 Å². The number of amides is 1. The van der Waals surface area contributed by atoms with Crippen molar-refractivity contribution < 1.29 is 23.7 Å². The van der Waals surface area contributed by atoms with Crippen LogP contribution in [0.1, 0.15) is 18.1 Å². The summed E-state index contributed by atoms with van der Waals surface area (Å²) >= 11 is 0. The molecule has 0 unspecified atom stereocenters. The fraction of sp³-hybridized carbons (Fsp3) is 0.300. The van der Waals surface area contributed by atoms with E-state index in [4.69, 9.17) is 18.9 Å². The monoisotopic (exact) mass is 368 g/mol. The summed E-state index contributed by atoms with van der Waals surface area (Å²) in [6, 6.07) is 11.1. The van der Waals surface area contributed by atoms with Crippen LogP contribution in [0.15, 0.2) is 41.5 Å². The predicted molar refractivity (Wildman–Crippen MR) is 98.9 cm³/mol. The number of hydrazone groups is 1. The third-order valence-corrected chi connectivity index (χ3v) is 4.28. The summed E-state index contributed by atoms with van der Waals surface area (Å²) in [5.74, 6) is 2.58. The number of rotatable bonds is 4. The van der Waals surface area contributed by atoms with E-state index in [0.29, 0.717) is 49.4 Å². The molecule has 0 saturated carbocycles. The van der Waals surface area contributed by atoms with Crippen LogP contribution in [0, 0.1) is 0 Å². The third kappa shape index (κ3) is 3.97. The molecular weight excluding hydrogens is 348 g/mol. The quantitative estimate of drug-likeness (QED) is 0.662. The van der Waals surface area contributed by atoms with Crippen LogP contribution in [-0.2, 0) is 11.2 Å². The molecule has 1 N–H and O–H groups in total. The van der Waals surface area contributed by atoms with Crippen molar-refractivity contribution in [3.05, 3.63) is 47.5 Å². The molecule has 27 heavy (non-hydrogen) atoms. The van der Waals surface area contributed by atoms with Gasteiger partial charge in [0.2, 0.25) is 5.91 Å². The highest BCUT2D eigenvalue weighted by atomic mass is 16.6. The Bertz CT molecular complexity index is 894. The molecule has 7 nitrogen and oxygen atoms in total. The van der Waals surface area contributed by atoms with Gasteiger partial charge in [-0.3, -0.25) is 4.79 Å². The van der Waals surface area contributed by atoms with Crippen LogP contribution >= 0.6 is 0 Å². The molecule has 2 aromatic carbocycles. The first kappa shape index (κ1) is 17.2. The number of carbonyl (C=O) groups is 1. The van der Waals surface area contributed by atoms with Gasteiger partial charge in [0, 0.05) is 5.56 Å². The van der Waals surface area contributed by atoms with E-state index in [1.54, 1.807) is 0 Å². The lowest BCUT2D eigenvalue weighted by Crippen LogP contribution is -2.22. The molecule has 0 aliphatic carbocycles. The first-order valence-electron chi connectivity index (χ1n) is 8.81. The molecule has 2 aliphatic heterocycles. The summed E-state index contributed by atoms with van der Waals surface area (Å²) in [4.78, 5) is 12.2. The van der Waals surface area contributed by atoms with E-state index in [-0.39, 0.29) is 12.3 Å². The van der Waals surface area contributed by atoms with Crippen molar-refractivity contribution in [1.29, 1.82) is 0 Å². The van der Waals surface area contributed by atoms with Crippen LogP contribution < -0.4 is 24.4 Å². The van der Waals surface area contributed by atoms with Crippen LogP contribution in [0.2, 0.25) is 0 Å². The van der Waals surface area contributed by atoms with Gasteiger partial charge in [-0.05, 0) is 42.8 Å². The predicted octanol–water partition coefficient (Wildman–Crippen LogP) is 2.31. The molecule has 2 aliphatic rings. The Balaban J connectivity index is 1.39. The van der Waals surface area contributed by atoms with Gasteiger partial charge in [0.25, 0.3) is 0 Å². The molecule has 0 spiro atoms. The van der Waals surface area contributed by atoms with Crippen molar-refractivity contribution in [2.24, 2.45) is 5.10 Å². The number of hydrogen-bond donors (Lipinski definition) is 1. The molecule has 2 heterocycles. The summed E-state index contributed by atoms with van der Waals surface area (Å²) in [5.41, 5.74) is 4.97. The standard InChI is InChI=1S/C20H20N2O5/c1-13(15-3-5-17-19(12-15)27-9-7-25-17)21-22-20(23)11-14-2-4-16-18(10-14)26-8-6-24-16/h2-5,10,12H,6-9,11H2,1H3,(H,22,23)/b21-13-. The number of nitrogens with one attached hydrogen (secondary N) is 1. The lowest BCUT2D eigenvalue weighted by atomic mass is 10.1. The zero-order chi connectivity index (χ0) is 18.6. The first-order chi connectivity index (χ1) is 13.2. The van der Waals surface area contributed by atoms with Crippen LogP contribution in [0.25, 0.3) is 0 Å². The van der Waals surface area contributed by atoms with E-state index >= 15 is 0 Å². The van der Waals surface area contributed by atoms with Crippen LogP contribution in [-0.4, -0.2) is 38.0 Å². The summed E-state index contributed by atoms with van der Waals surface area (Å²) in [7, 11) is 0. The first-order valence-corrected chi connectivity index (χ1v) is 8.81. The molecule has 140 valence electrons. The summed E-state index contributed by atoms with van der Waals surface area (Å²) in [6.07, 6.45) is 0.203. The van der Waals surface area contributed by atoms with Crippen molar-refractivity contribution in [3.8, 4) is 23.0 Å². The maximum absolute atomic E-state index is 12.2. The van der Waals surface area contributed by atoms with Gasteiger partial charge in [0.1, 0.15) is 26.4 Å². The van der Waals surface area contributed by atoms with Gasteiger partial charge < -0.3 is 18.9 Å². The molecular formula is C20H20N2O5. The van der Waals surface area contributed by atoms with Gasteiger partial charge in [-0.25, -0.2) is 5.43 Å². The summed E-state index contributed by atoms with van der Waals surface area (Å²) in [6.45, 7) is 3.96. The Morgan fingerprint density at radius 1 is 0.889 bits per heavy atom. The normalized spacial score (nSPS) is 15.2. The molecule has 0 radical (unpaired) electrons. The van der Waals surface area contributed by atoms with E-state index < -0.39 is 0 Å². The van der Waals surface area contributed by atoms with Crippen LogP contribution in [0.3, 0.4) is 0 Å². The molecule has 2 aromatic rings. The molecule has 0 fully saturated rings. The number of fused-ring (bicyclic) bond motifs is 2. The summed E-state index contributed by atoms with van der Waals surface area (Å²) in [5, 5.41) is 4.19. The van der Waals surface area contributed by atoms with Gasteiger partial charge in [0.15, 0.2) is 23.0 Å². The van der Waals surface area contributed by atoms with E-state index in [1.165, 1.54) is 0 Å². The topological polar surface area (TPSA) is 78.4 Å². The van der Waals surface area contributed by atoms with Crippen molar-refractivity contribution in [2.45, 2.75) is 13.3 Å². The van der Waals surface area contributed by atoms with E-state index in [0.717, 1.165) is 16.9 Å². The fourth-order valence-corrected chi connectivity index (χ4v) is 2.90. The Hall–Kier alpha value is -3.22. The van der Waals surface area contributed by atoms with Gasteiger partial charge in [-0.15, -0.1) is 0 Å². The second kappa shape index (κ2) is 7.57. The Kier molecular flexibility index (Phi) is 4.82. The van der Waals surface area contributed by atoms with E-state index in [2.05, 4.69) is 10.5 Å². The molecule has 1 amide bonds. The van der Waals surface area contributed by atoms with Crippen LogP contribution in [0.4, 0.5) is 0 Å². The Labute approximate surface area is 156 Å². The summed E-state index contributed by atoms with van der Waals surface area (Å²) < 4.78 is 22.1. The largest absolute Gasteiger partial charge is 0.486 e. The average molecular weight is 368 g/mol. The minimum atomic E-state index is -0.205. The maximum Gasteiger partial charge on any atom is 0.244 e. The average Bonchev–Trinajstić information content (AvgIpc) is 2.71. The van der Waals surface area contributed by atoms with E-state index in [9.17, 15) is 4.79 Å². The number of nitrogens with zero attached hydrogens (tertiary/aromatic N) is 1. The second-order valence-corrected chi connectivity index (χ2v) is 6.25. The van der Waals surface area contributed by atoms with E-state index in [1.807, 2.05) is 43.3 Å². The number of ether oxygens (including phenoxy) is 4.